The quantitative estimate of drug-likeness (QED) is 0.0718. The van der Waals surface area contributed by atoms with E-state index in [0.29, 0.717) is 13.0 Å². The van der Waals surface area contributed by atoms with E-state index >= 15 is 0 Å². The van der Waals surface area contributed by atoms with Crippen molar-refractivity contribution in [1.29, 1.82) is 0 Å². The molecule has 1 saturated heterocycles. The SMILES string of the molecule is CCCCCCCSCCCCCC/C=C/[C@H](C(=O)N1C(=O)SC2(c3ccccc3)c3ccccc3C(C)[C@H]12)[C@@H](CCOC)C(=O)OC(C)(C)C. The number of methoxy groups -OCH3 is 1. The lowest BCUT2D eigenvalue weighted by Gasteiger charge is -2.35. The van der Waals surface area contributed by atoms with Crippen LogP contribution in [0.5, 0.6) is 0 Å². The summed E-state index contributed by atoms with van der Waals surface area (Å²) in [5, 5.41) is -0.276. The van der Waals surface area contributed by atoms with Crippen LogP contribution in [0.2, 0.25) is 0 Å². The molecule has 8 heteroatoms. The summed E-state index contributed by atoms with van der Waals surface area (Å²) in [5.41, 5.74) is 2.49. The second-order valence-electron chi connectivity index (χ2n) is 15.1. The van der Waals surface area contributed by atoms with Gasteiger partial charge in [-0.05, 0) is 92.8 Å². The van der Waals surface area contributed by atoms with Gasteiger partial charge in [-0.1, -0.05) is 119 Å². The van der Waals surface area contributed by atoms with E-state index in [9.17, 15) is 14.4 Å². The molecule has 0 saturated carbocycles. The van der Waals surface area contributed by atoms with Crippen LogP contribution in [-0.4, -0.2) is 58.9 Å². The molecule has 4 rings (SSSR count). The van der Waals surface area contributed by atoms with Crippen molar-refractivity contribution in [1.82, 2.24) is 4.90 Å². The molecular formula is C43H61NO5S2. The minimum Gasteiger partial charge on any atom is -0.460 e. The molecule has 2 aliphatic rings. The molecule has 1 aliphatic carbocycles. The number of carbonyl (C=O) groups excluding carboxylic acids is 3. The van der Waals surface area contributed by atoms with Crippen molar-refractivity contribution in [3.8, 4) is 0 Å². The number of fused-ring (bicyclic) bond motifs is 3. The van der Waals surface area contributed by atoms with E-state index in [0.717, 1.165) is 36.0 Å². The van der Waals surface area contributed by atoms with E-state index in [1.807, 2.05) is 63.3 Å². The Morgan fingerprint density at radius 2 is 1.59 bits per heavy atom. The van der Waals surface area contributed by atoms with E-state index in [2.05, 4.69) is 49.9 Å². The lowest BCUT2D eigenvalue weighted by Crippen LogP contribution is -2.49. The van der Waals surface area contributed by atoms with Crippen molar-refractivity contribution >= 4 is 40.6 Å². The number of nitrogens with zero attached hydrogens (tertiary/aromatic N) is 1. The monoisotopic (exact) mass is 735 g/mol. The molecule has 1 heterocycles. The van der Waals surface area contributed by atoms with Gasteiger partial charge < -0.3 is 9.47 Å². The summed E-state index contributed by atoms with van der Waals surface area (Å²) < 4.78 is 10.6. The molecule has 0 N–H and O–H groups in total. The maximum atomic E-state index is 15.0. The van der Waals surface area contributed by atoms with Crippen molar-refractivity contribution in [3.63, 3.8) is 0 Å². The lowest BCUT2D eigenvalue weighted by atomic mass is 9.83. The molecule has 2 amide bonds. The first-order valence-corrected chi connectivity index (χ1v) is 21.2. The predicted octanol–water partition coefficient (Wildman–Crippen LogP) is 10.9. The van der Waals surface area contributed by atoms with E-state index in [1.54, 1.807) is 7.11 Å². The van der Waals surface area contributed by atoms with Crippen molar-refractivity contribution < 1.29 is 23.9 Å². The number of allylic oxidation sites excluding steroid dienone is 1. The van der Waals surface area contributed by atoms with Gasteiger partial charge >= 0.3 is 5.97 Å². The number of hydrogen-bond acceptors (Lipinski definition) is 7. The largest absolute Gasteiger partial charge is 0.460 e. The zero-order valence-corrected chi connectivity index (χ0v) is 33.5. The van der Waals surface area contributed by atoms with Crippen LogP contribution < -0.4 is 0 Å². The third-order valence-corrected chi connectivity index (χ3v) is 12.7. The highest BCUT2D eigenvalue weighted by atomic mass is 32.2. The summed E-state index contributed by atoms with van der Waals surface area (Å²) in [7, 11) is 1.59. The first kappa shape index (κ1) is 41.2. The Balaban J connectivity index is 1.53. The molecule has 6 nitrogen and oxygen atoms in total. The summed E-state index contributed by atoms with van der Waals surface area (Å²) in [5.74, 6) is -0.0577. The second-order valence-corrected chi connectivity index (χ2v) is 17.5. The Bertz CT molecular complexity index is 1440. The first-order valence-electron chi connectivity index (χ1n) is 19.2. The minimum atomic E-state index is -0.865. The standard InChI is InChI=1S/C43H61NO5S2/c1-7-8-9-13-21-30-50-31-22-14-11-10-12-18-26-35(36(28-29-48-6)40(46)49-42(3,4)5)39(45)44-38-32(2)34-25-19-20-27-37(34)43(38,51-41(44)47)33-23-16-15-17-24-33/h15-20,23-27,32,35-36,38H,7-14,21-22,28-31H2,1-6H3/b26-18+/t32?,35-,36+,38-,43?/m0/s1. The van der Waals surface area contributed by atoms with Gasteiger partial charge in [-0.3, -0.25) is 19.3 Å². The fourth-order valence-corrected chi connectivity index (χ4v) is 10.2. The van der Waals surface area contributed by atoms with Crippen molar-refractivity contribution in [2.75, 3.05) is 25.2 Å². The van der Waals surface area contributed by atoms with Crippen LogP contribution in [0.25, 0.3) is 0 Å². The van der Waals surface area contributed by atoms with Crippen LogP contribution in [0.1, 0.15) is 128 Å². The molecule has 0 radical (unpaired) electrons. The Morgan fingerprint density at radius 1 is 0.941 bits per heavy atom. The molecule has 51 heavy (non-hydrogen) atoms. The zero-order valence-electron chi connectivity index (χ0n) is 31.9. The summed E-state index contributed by atoms with van der Waals surface area (Å²) >= 11 is 3.31. The number of unbranched alkanes of at least 4 members (excludes halogenated alkanes) is 8. The molecular weight excluding hydrogens is 675 g/mol. The Kier molecular flexibility index (Phi) is 16.2. The van der Waals surface area contributed by atoms with Crippen LogP contribution in [0, 0.1) is 11.8 Å². The van der Waals surface area contributed by atoms with Crippen molar-refractivity contribution in [2.24, 2.45) is 11.8 Å². The molecule has 5 atom stereocenters. The highest BCUT2D eigenvalue weighted by Gasteiger charge is 2.64. The van der Waals surface area contributed by atoms with Crippen LogP contribution in [0.3, 0.4) is 0 Å². The molecule has 0 bridgehead atoms. The number of rotatable bonds is 21. The van der Waals surface area contributed by atoms with Crippen LogP contribution >= 0.6 is 23.5 Å². The van der Waals surface area contributed by atoms with Gasteiger partial charge in [0.05, 0.1) is 22.6 Å². The molecule has 2 unspecified atom stereocenters. The number of benzene rings is 2. The number of ether oxygens (including phenoxy) is 2. The molecule has 1 fully saturated rings. The Labute approximate surface area is 316 Å². The van der Waals surface area contributed by atoms with Gasteiger partial charge in [0.25, 0.3) is 5.24 Å². The fraction of sp³-hybridized carbons (Fsp3) is 0.605. The minimum absolute atomic E-state index is 0.0906. The van der Waals surface area contributed by atoms with E-state index in [1.165, 1.54) is 73.1 Å². The lowest BCUT2D eigenvalue weighted by molar-refractivity contribution is -0.164. The number of amides is 2. The summed E-state index contributed by atoms with van der Waals surface area (Å²) in [4.78, 5) is 44.5. The third kappa shape index (κ3) is 10.5. The number of carbonyl (C=O) groups is 3. The normalized spacial score (nSPS) is 21.1. The number of imide groups is 1. The summed E-state index contributed by atoms with van der Waals surface area (Å²) in [6.07, 6.45) is 16.3. The van der Waals surface area contributed by atoms with Crippen LogP contribution in [0.4, 0.5) is 4.79 Å². The van der Waals surface area contributed by atoms with E-state index in [-0.39, 0.29) is 17.1 Å². The first-order chi connectivity index (χ1) is 24.6. The van der Waals surface area contributed by atoms with Gasteiger partial charge in [0.2, 0.25) is 5.91 Å². The summed E-state index contributed by atoms with van der Waals surface area (Å²) in [6.45, 7) is 10.2. The maximum Gasteiger partial charge on any atom is 0.310 e. The molecule has 280 valence electrons. The average Bonchev–Trinajstić information content (AvgIpc) is 3.55. The highest BCUT2D eigenvalue weighted by Crippen LogP contribution is 2.63. The van der Waals surface area contributed by atoms with Gasteiger partial charge in [0, 0.05) is 19.6 Å². The van der Waals surface area contributed by atoms with Crippen LogP contribution in [-0.2, 0) is 23.8 Å². The second kappa shape index (κ2) is 20.1. The van der Waals surface area contributed by atoms with Gasteiger partial charge in [0.15, 0.2) is 0 Å². The van der Waals surface area contributed by atoms with E-state index < -0.39 is 34.2 Å². The van der Waals surface area contributed by atoms with Gasteiger partial charge in [0.1, 0.15) is 5.60 Å². The smallest absolute Gasteiger partial charge is 0.310 e. The number of thioether (sulfide) groups is 2. The molecule has 0 spiro atoms. The number of esters is 1. The summed E-state index contributed by atoms with van der Waals surface area (Å²) in [6, 6.07) is 17.9. The molecule has 2 aromatic carbocycles. The van der Waals surface area contributed by atoms with E-state index in [4.69, 9.17) is 9.47 Å². The van der Waals surface area contributed by atoms with Crippen molar-refractivity contribution in [2.45, 2.75) is 128 Å². The molecule has 1 aliphatic heterocycles. The topological polar surface area (TPSA) is 72.9 Å². The van der Waals surface area contributed by atoms with Gasteiger partial charge in [-0.2, -0.15) is 11.8 Å². The third-order valence-electron chi connectivity index (χ3n) is 10.1. The Morgan fingerprint density at radius 3 is 2.25 bits per heavy atom. The zero-order chi connectivity index (χ0) is 36.9. The Hall–Kier alpha value is -2.55. The predicted molar refractivity (Wildman–Crippen MR) is 213 cm³/mol. The highest BCUT2D eigenvalue weighted by molar-refractivity contribution is 8.15. The molecule has 2 aromatic rings. The number of hydrogen-bond donors (Lipinski definition) is 0. The average molecular weight is 736 g/mol. The molecule has 0 aromatic heterocycles. The van der Waals surface area contributed by atoms with Crippen LogP contribution in [0.15, 0.2) is 66.7 Å². The fourth-order valence-electron chi connectivity index (χ4n) is 7.62. The van der Waals surface area contributed by atoms with Gasteiger partial charge in [-0.15, -0.1) is 0 Å². The van der Waals surface area contributed by atoms with Gasteiger partial charge in [-0.25, -0.2) is 0 Å². The maximum absolute atomic E-state index is 15.0. The van der Waals surface area contributed by atoms with Crippen molar-refractivity contribution in [3.05, 3.63) is 83.4 Å².